The molecule has 2 atom stereocenters. The van der Waals surface area contributed by atoms with Crippen molar-refractivity contribution in [3.05, 3.63) is 117 Å². The lowest BCUT2D eigenvalue weighted by Crippen LogP contribution is -2.11. The number of ether oxygens (including phenoxy) is 6. The third-order valence-electron chi connectivity index (χ3n) is 16.0. The summed E-state index contributed by atoms with van der Waals surface area (Å²) in [6, 6.07) is 19.1. The van der Waals surface area contributed by atoms with Crippen molar-refractivity contribution in [1.82, 2.24) is 0 Å². The van der Waals surface area contributed by atoms with Crippen LogP contribution in [0.25, 0.3) is 33.4 Å². The highest BCUT2D eigenvalue weighted by molar-refractivity contribution is 5.87. The SMILES string of the molecule is CC.CC.COc1c2cc(c(O)c1OC)CCCC/C=C\Cc1ccc(O)c-2c1.COc1c2cc(c(O)c1OC)CCCC1CCCc3ccc(O)c-2c31.COc1c2cc(c(O)c1OC)CCCCC1CCc3ccc(O)c-2c31. The van der Waals surface area contributed by atoms with Gasteiger partial charge in [-0.25, -0.2) is 0 Å². The predicted octanol–water partition coefficient (Wildman–Crippen LogP) is 15.7. The number of fused-ring (bicyclic) bond motifs is 11. The van der Waals surface area contributed by atoms with Crippen molar-refractivity contribution < 1.29 is 59.1 Å². The van der Waals surface area contributed by atoms with Crippen molar-refractivity contribution in [2.45, 2.75) is 149 Å². The molecule has 5 aliphatic carbocycles. The van der Waals surface area contributed by atoms with Gasteiger partial charge < -0.3 is 59.1 Å². The summed E-state index contributed by atoms with van der Waals surface area (Å²) in [6.07, 6.45) is 21.4. The van der Waals surface area contributed by atoms with E-state index < -0.39 is 0 Å². The van der Waals surface area contributed by atoms with E-state index in [-0.39, 0.29) is 34.5 Å². The average Bonchev–Trinajstić information content (AvgIpc) is 3.93. The summed E-state index contributed by atoms with van der Waals surface area (Å²) in [7, 11) is 9.27. The van der Waals surface area contributed by atoms with Gasteiger partial charge in [0.25, 0.3) is 0 Å². The fourth-order valence-electron chi connectivity index (χ4n) is 12.4. The zero-order chi connectivity index (χ0) is 56.9. The minimum atomic E-state index is 0.115. The zero-order valence-corrected chi connectivity index (χ0v) is 48.2. The molecule has 0 heterocycles. The van der Waals surface area contributed by atoms with Gasteiger partial charge in [-0.1, -0.05) is 64.5 Å². The minimum Gasteiger partial charge on any atom is -0.507 e. The maximum absolute atomic E-state index is 10.7. The highest BCUT2D eigenvalue weighted by Crippen LogP contribution is 2.56. The van der Waals surface area contributed by atoms with Gasteiger partial charge in [0, 0.05) is 33.4 Å². The van der Waals surface area contributed by atoms with Gasteiger partial charge in [-0.2, -0.15) is 0 Å². The van der Waals surface area contributed by atoms with E-state index in [9.17, 15) is 30.6 Å². The molecule has 8 bridgehead atoms. The van der Waals surface area contributed by atoms with Crippen molar-refractivity contribution >= 4 is 0 Å². The normalized spacial score (nSPS) is 16.8. The van der Waals surface area contributed by atoms with Gasteiger partial charge in [0.05, 0.1) is 42.7 Å². The molecule has 6 N–H and O–H groups in total. The second-order valence-electron chi connectivity index (χ2n) is 20.3. The van der Waals surface area contributed by atoms with Gasteiger partial charge in [0.2, 0.25) is 17.2 Å². The Morgan fingerprint density at radius 1 is 0.354 bits per heavy atom. The van der Waals surface area contributed by atoms with Gasteiger partial charge in [-0.15, -0.1) is 0 Å². The summed E-state index contributed by atoms with van der Waals surface area (Å²) in [6.45, 7) is 8.00. The van der Waals surface area contributed by atoms with E-state index in [1.54, 1.807) is 32.4 Å². The molecule has 6 aromatic rings. The third-order valence-corrected chi connectivity index (χ3v) is 16.0. The molecule has 0 saturated heterocycles. The van der Waals surface area contributed by atoms with E-state index in [0.717, 1.165) is 153 Å². The molecule has 12 nitrogen and oxygen atoms in total. The first-order valence-electron chi connectivity index (χ1n) is 28.5. The lowest BCUT2D eigenvalue weighted by Gasteiger charge is -2.29. The van der Waals surface area contributed by atoms with Crippen LogP contribution in [0.3, 0.4) is 0 Å². The highest BCUT2D eigenvalue weighted by atomic mass is 16.5. The lowest BCUT2D eigenvalue weighted by atomic mass is 9.76. The highest BCUT2D eigenvalue weighted by Gasteiger charge is 2.34. The van der Waals surface area contributed by atoms with Crippen LogP contribution in [0.5, 0.6) is 69.0 Å². The van der Waals surface area contributed by atoms with Crippen LogP contribution >= 0.6 is 0 Å². The number of phenols is 6. The van der Waals surface area contributed by atoms with Crippen molar-refractivity contribution in [3.63, 3.8) is 0 Å². The zero-order valence-electron chi connectivity index (χ0n) is 48.2. The second-order valence-corrected chi connectivity index (χ2v) is 20.3. The molecule has 2 unspecified atom stereocenters. The number of hydrogen-bond acceptors (Lipinski definition) is 12. The first-order valence-corrected chi connectivity index (χ1v) is 28.5. The Morgan fingerprint density at radius 3 is 1.27 bits per heavy atom. The Labute approximate surface area is 468 Å². The third kappa shape index (κ3) is 12.1. The molecule has 0 fully saturated rings. The Balaban J connectivity index is 0.000000166. The maximum Gasteiger partial charge on any atom is 0.203 e. The summed E-state index contributed by atoms with van der Waals surface area (Å²) >= 11 is 0. The molecule has 0 amide bonds. The summed E-state index contributed by atoms with van der Waals surface area (Å²) in [5.41, 5.74) is 13.5. The van der Waals surface area contributed by atoms with Crippen molar-refractivity contribution in [2.75, 3.05) is 42.7 Å². The van der Waals surface area contributed by atoms with E-state index in [1.807, 2.05) is 64.1 Å². The lowest BCUT2D eigenvalue weighted by molar-refractivity contribution is 0.331. The van der Waals surface area contributed by atoms with Crippen LogP contribution in [0.4, 0.5) is 0 Å². The van der Waals surface area contributed by atoms with Crippen LogP contribution in [0, 0.1) is 0 Å². The van der Waals surface area contributed by atoms with Gasteiger partial charge in [-0.05, 0) is 202 Å². The van der Waals surface area contributed by atoms with Gasteiger partial charge in [-0.3, -0.25) is 0 Å². The standard InChI is InChI=1S/3C21H24O4.2C2H6/c1-24-20-15-11-14(19(23)21(20)25-2)8-4-6-12-5-3-7-13-9-10-16(22)18(15)17(12)13;1-24-20-15-11-14(19(23)21(20)25-2)6-4-3-5-12-7-8-13-9-10-16(22)18(15)17(12)13;1-24-20-17-13-15(19(23)21(20)25-2)9-7-5-3-4-6-8-14-10-11-18(22)16(17)12-14;2*1-2/h2*9-12,22-23H,3-8H2,1-2H3;4,6,10-13,22-23H,3,5,7-9H2,1-2H3;2*1-2H3/b;;6-4-;;. The van der Waals surface area contributed by atoms with Crippen molar-refractivity contribution in [1.29, 1.82) is 0 Å². The predicted molar refractivity (Wildman–Crippen MR) is 315 cm³/mol. The summed E-state index contributed by atoms with van der Waals surface area (Å²) in [4.78, 5) is 0. The maximum atomic E-state index is 10.7. The van der Waals surface area contributed by atoms with Crippen LogP contribution in [0.1, 0.15) is 155 Å². The molecule has 424 valence electrons. The molecule has 6 aromatic carbocycles. The first-order chi connectivity index (χ1) is 38.5. The summed E-state index contributed by atoms with van der Waals surface area (Å²) in [5.74, 6) is 4.45. The van der Waals surface area contributed by atoms with Gasteiger partial charge >= 0.3 is 0 Å². The molecule has 11 rings (SSSR count). The molecule has 0 aromatic heterocycles. The first kappa shape index (κ1) is 59.3. The number of aryl methyl sites for hydroxylation is 5. The van der Waals surface area contributed by atoms with Crippen molar-refractivity contribution in [3.8, 4) is 102 Å². The van der Waals surface area contributed by atoms with Crippen LogP contribution in [-0.4, -0.2) is 73.3 Å². The van der Waals surface area contributed by atoms with E-state index in [0.29, 0.717) is 51.9 Å². The molecule has 0 spiro atoms. The number of hydrogen-bond donors (Lipinski definition) is 6. The van der Waals surface area contributed by atoms with Gasteiger partial charge in [0.1, 0.15) is 17.2 Å². The smallest absolute Gasteiger partial charge is 0.203 e. The number of rotatable bonds is 6. The largest absolute Gasteiger partial charge is 0.507 e. The van der Waals surface area contributed by atoms with E-state index >= 15 is 0 Å². The number of allylic oxidation sites excluding steroid dienone is 2. The Kier molecular flexibility index (Phi) is 20.7. The second kappa shape index (κ2) is 27.5. The topological polar surface area (TPSA) is 177 Å². The molecular formula is C67H84O12. The summed E-state index contributed by atoms with van der Waals surface area (Å²) in [5, 5.41) is 63.7. The van der Waals surface area contributed by atoms with Crippen LogP contribution in [0.15, 0.2) is 72.8 Å². The summed E-state index contributed by atoms with van der Waals surface area (Å²) < 4.78 is 33.1. The van der Waals surface area contributed by atoms with Crippen LogP contribution in [0.2, 0.25) is 0 Å². The van der Waals surface area contributed by atoms with Gasteiger partial charge in [0.15, 0.2) is 34.5 Å². The average molecular weight is 1080 g/mol. The minimum absolute atomic E-state index is 0.115. The molecule has 0 aliphatic heterocycles. The number of benzene rings is 6. The number of methoxy groups -OCH3 is 6. The molecule has 0 saturated carbocycles. The molecule has 0 radical (unpaired) electrons. The fourth-order valence-corrected chi connectivity index (χ4v) is 12.4. The van der Waals surface area contributed by atoms with E-state index in [1.165, 1.54) is 57.1 Å². The molecular weight excluding hydrogens is 997 g/mol. The fraction of sp³-hybridized carbons (Fsp3) is 0.433. The number of aromatic hydroxyl groups is 6. The van der Waals surface area contributed by atoms with E-state index in [4.69, 9.17) is 28.4 Å². The molecule has 12 heteroatoms. The quantitative estimate of drug-likeness (QED) is 0.0872. The monoisotopic (exact) mass is 1080 g/mol. The van der Waals surface area contributed by atoms with Crippen molar-refractivity contribution in [2.24, 2.45) is 0 Å². The Hall–Kier alpha value is -7.34. The molecule has 79 heavy (non-hydrogen) atoms. The van der Waals surface area contributed by atoms with E-state index in [2.05, 4.69) is 18.2 Å². The van der Waals surface area contributed by atoms with Crippen LogP contribution < -0.4 is 28.4 Å². The van der Waals surface area contributed by atoms with Crippen LogP contribution in [-0.2, 0) is 38.5 Å². The molecule has 5 aliphatic rings. The Bertz CT molecular complexity index is 3090. The Morgan fingerprint density at radius 2 is 0.759 bits per heavy atom. The number of phenolic OH excluding ortho intramolecular Hbond substituents is 6.